The minimum atomic E-state index is -0.286. The highest BCUT2D eigenvalue weighted by molar-refractivity contribution is 5.98. The van der Waals surface area contributed by atoms with Crippen molar-refractivity contribution >= 4 is 5.78 Å². The van der Waals surface area contributed by atoms with E-state index in [0.29, 0.717) is 0 Å². The number of likely N-dealkylation sites (tertiary alicyclic amines) is 1. The zero-order valence-electron chi connectivity index (χ0n) is 12.7. The normalized spacial score (nSPS) is 21.2. The van der Waals surface area contributed by atoms with Crippen LogP contribution in [-0.4, -0.2) is 21.8 Å². The lowest BCUT2D eigenvalue weighted by Crippen LogP contribution is -2.59. The second-order valence-electron chi connectivity index (χ2n) is 6.90. The minimum absolute atomic E-state index is 0.0213. The number of benzene rings is 1. The number of hydrogen-bond donors (Lipinski definition) is 0. The van der Waals surface area contributed by atoms with Gasteiger partial charge in [-0.05, 0) is 40.5 Å². The van der Waals surface area contributed by atoms with Gasteiger partial charge in [-0.2, -0.15) is 5.26 Å². The first-order chi connectivity index (χ1) is 9.28. The first kappa shape index (κ1) is 14.6. The molecule has 0 N–H and O–H groups in total. The number of piperidine rings is 1. The maximum Gasteiger partial charge on any atom is 0.180 e. The zero-order valence-corrected chi connectivity index (χ0v) is 12.7. The lowest BCUT2D eigenvalue weighted by Gasteiger charge is -2.52. The Balaban J connectivity index is 2.29. The molecular weight excluding hydrogens is 248 g/mol. The second kappa shape index (κ2) is 4.94. The average Bonchev–Trinajstić information content (AvgIpc) is 2.36. The molecule has 20 heavy (non-hydrogen) atoms. The first-order valence-electron chi connectivity index (χ1n) is 7.07. The highest BCUT2D eigenvalue weighted by Crippen LogP contribution is 2.41. The van der Waals surface area contributed by atoms with Gasteiger partial charge in [-0.1, -0.05) is 30.3 Å². The third-order valence-corrected chi connectivity index (χ3v) is 4.23. The summed E-state index contributed by atoms with van der Waals surface area (Å²) >= 11 is 0. The Labute approximate surface area is 121 Å². The van der Waals surface area contributed by atoms with Gasteiger partial charge >= 0.3 is 0 Å². The summed E-state index contributed by atoms with van der Waals surface area (Å²) in [6.07, 6.45) is 3.75. The monoisotopic (exact) mass is 270 g/mol. The zero-order chi connectivity index (χ0) is 15.0. The van der Waals surface area contributed by atoms with Gasteiger partial charge in [-0.25, -0.2) is 0 Å². The smallest absolute Gasteiger partial charge is 0.180 e. The van der Waals surface area contributed by atoms with E-state index in [1.807, 2.05) is 62.9 Å². The lowest BCUT2D eigenvalue weighted by molar-refractivity contribution is 0.0000297. The summed E-state index contributed by atoms with van der Waals surface area (Å²) in [4.78, 5) is 14.5. The number of carbonyl (C=O) groups excluding carboxylic acids is 1. The SMILES string of the molecule is CC1(C)CC(C(=O)c2ccccc2)CC(C)(C)N1C#N. The fraction of sp³-hybridized carbons (Fsp3) is 0.529. The van der Waals surface area contributed by atoms with Crippen molar-refractivity contribution in [3.05, 3.63) is 35.9 Å². The predicted molar refractivity (Wildman–Crippen MR) is 79.1 cm³/mol. The van der Waals surface area contributed by atoms with Crippen LogP contribution in [0.4, 0.5) is 0 Å². The van der Waals surface area contributed by atoms with Gasteiger partial charge in [0.25, 0.3) is 0 Å². The number of rotatable bonds is 2. The lowest BCUT2D eigenvalue weighted by atomic mass is 9.71. The fourth-order valence-corrected chi connectivity index (χ4v) is 3.57. The van der Waals surface area contributed by atoms with E-state index in [4.69, 9.17) is 0 Å². The second-order valence-corrected chi connectivity index (χ2v) is 6.90. The van der Waals surface area contributed by atoms with Gasteiger partial charge in [-0.3, -0.25) is 9.69 Å². The molecule has 0 atom stereocenters. The molecule has 1 aliphatic heterocycles. The average molecular weight is 270 g/mol. The molecule has 0 aliphatic carbocycles. The number of ketones is 1. The van der Waals surface area contributed by atoms with Crippen LogP contribution < -0.4 is 0 Å². The number of hydrogen-bond acceptors (Lipinski definition) is 3. The highest BCUT2D eigenvalue weighted by atomic mass is 16.1. The third kappa shape index (κ3) is 2.56. The third-order valence-electron chi connectivity index (χ3n) is 4.23. The van der Waals surface area contributed by atoms with Crippen LogP contribution in [0.2, 0.25) is 0 Å². The van der Waals surface area contributed by atoms with Crippen LogP contribution in [0.3, 0.4) is 0 Å². The van der Waals surface area contributed by atoms with Crippen LogP contribution in [-0.2, 0) is 0 Å². The van der Waals surface area contributed by atoms with Gasteiger partial charge in [-0.15, -0.1) is 0 Å². The molecule has 3 nitrogen and oxygen atoms in total. The van der Waals surface area contributed by atoms with Crippen molar-refractivity contribution in [2.75, 3.05) is 0 Å². The van der Waals surface area contributed by atoms with E-state index in [0.717, 1.165) is 18.4 Å². The minimum Gasteiger partial charge on any atom is -0.300 e. The molecule has 0 aromatic heterocycles. The van der Waals surface area contributed by atoms with E-state index in [-0.39, 0.29) is 22.8 Å². The largest absolute Gasteiger partial charge is 0.300 e. The molecule has 1 aliphatic rings. The van der Waals surface area contributed by atoms with Gasteiger partial charge < -0.3 is 0 Å². The Morgan fingerprint density at radius 3 is 2.10 bits per heavy atom. The van der Waals surface area contributed by atoms with Crippen LogP contribution in [0.1, 0.15) is 50.9 Å². The molecule has 3 heteroatoms. The molecular formula is C17H22N2O. The first-order valence-corrected chi connectivity index (χ1v) is 7.07. The number of nitrogens with zero attached hydrogens (tertiary/aromatic N) is 2. The maximum absolute atomic E-state index is 12.7. The molecule has 1 fully saturated rings. The van der Waals surface area contributed by atoms with E-state index < -0.39 is 0 Å². The van der Waals surface area contributed by atoms with Crippen molar-refractivity contribution in [2.24, 2.45) is 5.92 Å². The molecule has 1 heterocycles. The molecule has 1 aromatic carbocycles. The highest BCUT2D eigenvalue weighted by Gasteiger charge is 2.47. The summed E-state index contributed by atoms with van der Waals surface area (Å²) in [6.45, 7) is 8.18. The van der Waals surface area contributed by atoms with Crippen LogP contribution in [0.15, 0.2) is 30.3 Å². The van der Waals surface area contributed by atoms with Crippen molar-refractivity contribution in [3.8, 4) is 6.19 Å². The molecule has 0 amide bonds. The van der Waals surface area contributed by atoms with E-state index in [2.05, 4.69) is 6.19 Å². The van der Waals surface area contributed by atoms with Gasteiger partial charge in [0.1, 0.15) is 0 Å². The van der Waals surface area contributed by atoms with Crippen molar-refractivity contribution in [3.63, 3.8) is 0 Å². The predicted octanol–water partition coefficient (Wildman–Crippen LogP) is 3.62. The molecule has 106 valence electrons. The summed E-state index contributed by atoms with van der Waals surface area (Å²) in [5.41, 5.74) is 0.200. The van der Waals surface area contributed by atoms with E-state index in [9.17, 15) is 10.1 Å². The van der Waals surface area contributed by atoms with Crippen molar-refractivity contribution < 1.29 is 4.79 Å². The van der Waals surface area contributed by atoms with Crippen LogP contribution >= 0.6 is 0 Å². The van der Waals surface area contributed by atoms with Crippen LogP contribution in [0.25, 0.3) is 0 Å². The van der Waals surface area contributed by atoms with E-state index in [1.165, 1.54) is 0 Å². The Bertz CT molecular complexity index is 522. The fourth-order valence-electron chi connectivity index (χ4n) is 3.57. The van der Waals surface area contributed by atoms with E-state index >= 15 is 0 Å². The van der Waals surface area contributed by atoms with Gasteiger partial charge in [0.05, 0.1) is 0 Å². The molecule has 1 saturated heterocycles. The Morgan fingerprint density at radius 2 is 1.65 bits per heavy atom. The molecule has 0 bridgehead atoms. The summed E-state index contributed by atoms with van der Waals surface area (Å²) in [5, 5.41) is 9.40. The van der Waals surface area contributed by atoms with Gasteiger partial charge in [0.15, 0.2) is 12.0 Å². The summed E-state index contributed by atoms with van der Waals surface area (Å²) < 4.78 is 0. The molecule has 0 saturated carbocycles. The topological polar surface area (TPSA) is 44.1 Å². The number of Topliss-reactive ketones (excluding diaryl/α,β-unsaturated/α-hetero) is 1. The standard InChI is InChI=1S/C17H22N2O/c1-16(2)10-14(11-17(3,4)19(16)12-18)15(20)13-8-6-5-7-9-13/h5-9,14H,10-11H2,1-4H3. The van der Waals surface area contributed by atoms with Gasteiger partial charge in [0, 0.05) is 22.6 Å². The van der Waals surface area contributed by atoms with Crippen LogP contribution in [0, 0.1) is 17.4 Å². The molecule has 0 spiro atoms. The summed E-state index contributed by atoms with van der Waals surface area (Å²) in [5.74, 6) is 0.177. The van der Waals surface area contributed by atoms with Crippen LogP contribution in [0.5, 0.6) is 0 Å². The maximum atomic E-state index is 12.7. The number of nitriles is 1. The quantitative estimate of drug-likeness (QED) is 0.609. The Morgan fingerprint density at radius 1 is 1.15 bits per heavy atom. The van der Waals surface area contributed by atoms with Crippen molar-refractivity contribution in [1.29, 1.82) is 5.26 Å². The van der Waals surface area contributed by atoms with Crippen molar-refractivity contribution in [1.82, 2.24) is 4.90 Å². The molecule has 0 unspecified atom stereocenters. The Kier molecular flexibility index (Phi) is 3.60. The molecule has 1 aromatic rings. The van der Waals surface area contributed by atoms with E-state index in [1.54, 1.807) is 0 Å². The number of carbonyl (C=O) groups is 1. The van der Waals surface area contributed by atoms with Crippen molar-refractivity contribution in [2.45, 2.75) is 51.6 Å². The summed E-state index contributed by atoms with van der Waals surface area (Å²) in [6, 6.07) is 9.46. The molecule has 2 rings (SSSR count). The summed E-state index contributed by atoms with van der Waals surface area (Å²) in [7, 11) is 0. The van der Waals surface area contributed by atoms with Gasteiger partial charge in [0.2, 0.25) is 0 Å². The molecule has 0 radical (unpaired) electrons. The Hall–Kier alpha value is -1.82.